The van der Waals surface area contributed by atoms with E-state index in [9.17, 15) is 22.4 Å². The number of carbonyl (C=O) groups excluding carboxylic acids is 1. The Morgan fingerprint density at radius 3 is 2.68 bits per heavy atom. The molecule has 3 aromatic rings. The zero-order valence-corrected chi connectivity index (χ0v) is 20.1. The highest BCUT2D eigenvalue weighted by atomic mass is 19.4. The Hall–Kier alpha value is -3.50. The number of halogens is 4. The van der Waals surface area contributed by atoms with E-state index in [0.717, 1.165) is 0 Å². The molecule has 3 heterocycles. The summed E-state index contributed by atoms with van der Waals surface area (Å²) >= 11 is 0. The number of amides is 1. The maximum atomic E-state index is 14.3. The highest BCUT2D eigenvalue weighted by molar-refractivity contribution is 5.99. The van der Waals surface area contributed by atoms with E-state index < -0.39 is 41.3 Å². The van der Waals surface area contributed by atoms with Gasteiger partial charge in [-0.1, -0.05) is 36.4 Å². The second-order valence-electron chi connectivity index (χ2n) is 10.3. The number of nitrogens with one attached hydrogen (secondary N) is 1. The molecule has 0 fully saturated rings. The third kappa shape index (κ3) is 3.61. The first-order valence-electron chi connectivity index (χ1n) is 11.9. The quantitative estimate of drug-likeness (QED) is 0.475. The number of alkyl halides is 3. The van der Waals surface area contributed by atoms with Gasteiger partial charge in [0.2, 0.25) is 0 Å². The number of carbonyl (C=O) groups is 1. The Bertz CT molecular complexity index is 1510. The molecule has 3 atom stereocenters. The van der Waals surface area contributed by atoms with Gasteiger partial charge in [0.25, 0.3) is 5.91 Å². The molecule has 3 N–H and O–H groups in total. The Labute approximate surface area is 209 Å². The van der Waals surface area contributed by atoms with Crippen LogP contribution >= 0.6 is 0 Å². The molecule has 6 rings (SSSR count). The van der Waals surface area contributed by atoms with E-state index in [1.165, 1.54) is 18.2 Å². The van der Waals surface area contributed by atoms with Crippen molar-refractivity contribution in [3.63, 3.8) is 0 Å². The third-order valence-electron chi connectivity index (χ3n) is 7.41. The SMILES string of the molecule is CC(C)(N)c1ccccc1C1(OC(F)(F)F)CC=CC2=C1C1CC(NC2=O)c2nc3cc(F)ccc3n21. The molecule has 3 aliphatic rings. The van der Waals surface area contributed by atoms with Crippen molar-refractivity contribution in [2.75, 3.05) is 0 Å². The lowest BCUT2D eigenvalue weighted by atomic mass is 9.70. The lowest BCUT2D eigenvalue weighted by molar-refractivity contribution is -0.364. The van der Waals surface area contributed by atoms with E-state index >= 15 is 0 Å². The van der Waals surface area contributed by atoms with Crippen LogP contribution in [0.3, 0.4) is 0 Å². The number of ether oxygens (including phenoxy) is 1. The molecule has 1 aliphatic carbocycles. The Morgan fingerprint density at radius 1 is 1.19 bits per heavy atom. The second-order valence-corrected chi connectivity index (χ2v) is 10.3. The van der Waals surface area contributed by atoms with Crippen molar-refractivity contribution in [1.29, 1.82) is 0 Å². The summed E-state index contributed by atoms with van der Waals surface area (Å²) in [5, 5.41) is 2.91. The van der Waals surface area contributed by atoms with Gasteiger partial charge in [0.1, 0.15) is 17.2 Å². The summed E-state index contributed by atoms with van der Waals surface area (Å²) in [6.07, 6.45) is -1.82. The molecule has 0 spiro atoms. The van der Waals surface area contributed by atoms with Gasteiger partial charge in [0.05, 0.1) is 23.1 Å². The summed E-state index contributed by atoms with van der Waals surface area (Å²) in [6, 6.07) is 9.47. The van der Waals surface area contributed by atoms with Crippen LogP contribution in [0.4, 0.5) is 17.6 Å². The minimum atomic E-state index is -5.03. The molecule has 0 saturated heterocycles. The number of imidazole rings is 1. The van der Waals surface area contributed by atoms with Crippen molar-refractivity contribution < 1.29 is 27.1 Å². The zero-order valence-electron chi connectivity index (χ0n) is 20.1. The number of benzene rings is 2. The minimum absolute atomic E-state index is 0.113. The summed E-state index contributed by atoms with van der Waals surface area (Å²) in [4.78, 5) is 18.0. The van der Waals surface area contributed by atoms with Crippen LogP contribution in [0, 0.1) is 5.82 Å². The van der Waals surface area contributed by atoms with Gasteiger partial charge in [-0.3, -0.25) is 9.53 Å². The number of hydrogen-bond acceptors (Lipinski definition) is 4. The summed E-state index contributed by atoms with van der Waals surface area (Å²) in [5.74, 6) is -0.526. The first-order chi connectivity index (χ1) is 17.4. The van der Waals surface area contributed by atoms with Crippen molar-refractivity contribution in [2.45, 2.75) is 56.3 Å². The fourth-order valence-electron chi connectivity index (χ4n) is 6.11. The summed E-state index contributed by atoms with van der Waals surface area (Å²) in [6.45, 7) is 3.42. The van der Waals surface area contributed by atoms with Gasteiger partial charge in [0.15, 0.2) is 0 Å². The molecule has 37 heavy (non-hydrogen) atoms. The van der Waals surface area contributed by atoms with Gasteiger partial charge in [-0.15, -0.1) is 13.2 Å². The van der Waals surface area contributed by atoms with Gasteiger partial charge in [-0.2, -0.15) is 0 Å². The van der Waals surface area contributed by atoms with Crippen LogP contribution in [0.15, 0.2) is 65.8 Å². The smallest absolute Gasteiger partial charge is 0.342 e. The van der Waals surface area contributed by atoms with Crippen molar-refractivity contribution in [2.24, 2.45) is 5.73 Å². The topological polar surface area (TPSA) is 82.2 Å². The summed E-state index contributed by atoms with van der Waals surface area (Å²) in [7, 11) is 0. The van der Waals surface area contributed by atoms with Crippen LogP contribution in [0.5, 0.6) is 0 Å². The number of rotatable bonds is 3. The molecule has 0 radical (unpaired) electrons. The molecular formula is C27H24F4N4O2. The van der Waals surface area contributed by atoms with Crippen LogP contribution in [0.1, 0.15) is 55.7 Å². The predicted molar refractivity (Wildman–Crippen MR) is 127 cm³/mol. The van der Waals surface area contributed by atoms with Crippen molar-refractivity contribution in [3.05, 3.63) is 88.5 Å². The maximum absolute atomic E-state index is 14.3. The standard InChI is InChI=1S/C27H24F4N4O2/c1-25(2,32)16-7-3-4-8-17(16)26(37-27(29,30)31)11-5-6-15-22(26)21-13-19(34-24(15)36)23-33-18-12-14(28)9-10-20(18)35(21)23/h3-10,12,19,21H,11,13,32H2,1-2H3,(H,34,36). The molecule has 2 aromatic carbocycles. The van der Waals surface area contributed by atoms with Crippen molar-refractivity contribution in [3.8, 4) is 0 Å². The van der Waals surface area contributed by atoms with E-state index in [0.29, 0.717) is 22.4 Å². The average molecular weight is 513 g/mol. The first-order valence-corrected chi connectivity index (χ1v) is 11.9. The number of hydrogen-bond donors (Lipinski definition) is 2. The van der Waals surface area contributed by atoms with Crippen LogP contribution in [-0.4, -0.2) is 21.8 Å². The Morgan fingerprint density at radius 2 is 1.95 bits per heavy atom. The molecule has 3 unspecified atom stereocenters. The second kappa shape index (κ2) is 7.75. The van der Waals surface area contributed by atoms with Crippen molar-refractivity contribution >= 4 is 16.9 Å². The van der Waals surface area contributed by atoms with E-state index in [1.807, 2.05) is 0 Å². The number of aromatic nitrogens is 2. The normalized spacial score (nSPS) is 25.2. The zero-order chi connectivity index (χ0) is 26.3. The maximum Gasteiger partial charge on any atom is 0.523 e. The summed E-state index contributed by atoms with van der Waals surface area (Å²) < 4.78 is 63.7. The average Bonchev–Trinajstić information content (AvgIpc) is 3.29. The van der Waals surface area contributed by atoms with Crippen molar-refractivity contribution in [1.82, 2.24) is 14.9 Å². The molecule has 1 amide bonds. The highest BCUT2D eigenvalue weighted by Gasteiger charge is 2.56. The third-order valence-corrected chi connectivity index (χ3v) is 7.41. The van der Waals surface area contributed by atoms with E-state index in [4.69, 9.17) is 10.5 Å². The first kappa shape index (κ1) is 23.9. The molecule has 2 bridgehead atoms. The van der Waals surface area contributed by atoms with E-state index in [2.05, 4.69) is 10.3 Å². The monoisotopic (exact) mass is 512 g/mol. The lowest BCUT2D eigenvalue weighted by Crippen LogP contribution is -2.45. The minimum Gasteiger partial charge on any atom is -0.342 e. The van der Waals surface area contributed by atoms with Gasteiger partial charge >= 0.3 is 6.36 Å². The van der Waals surface area contributed by atoms with E-state index in [1.54, 1.807) is 54.8 Å². The fourth-order valence-corrected chi connectivity index (χ4v) is 6.11. The van der Waals surface area contributed by atoms with Gasteiger partial charge in [0, 0.05) is 29.2 Å². The van der Waals surface area contributed by atoms with Crippen LogP contribution in [-0.2, 0) is 20.7 Å². The predicted octanol–water partition coefficient (Wildman–Crippen LogP) is 5.17. The summed E-state index contributed by atoms with van der Waals surface area (Å²) in [5.41, 5.74) is 5.31. The highest BCUT2D eigenvalue weighted by Crippen LogP contribution is 2.56. The number of nitrogens with zero attached hydrogens (tertiary/aromatic N) is 2. The lowest BCUT2D eigenvalue weighted by Gasteiger charge is -2.43. The van der Waals surface area contributed by atoms with Gasteiger partial charge in [-0.25, -0.2) is 9.37 Å². The molecule has 10 heteroatoms. The fraction of sp³-hybridized carbons (Fsp3) is 0.333. The van der Waals surface area contributed by atoms with Gasteiger partial charge < -0.3 is 15.6 Å². The number of fused-ring (bicyclic) bond motifs is 8. The molecule has 2 aliphatic heterocycles. The Kier molecular flexibility index (Phi) is 5.00. The Balaban J connectivity index is 1.68. The van der Waals surface area contributed by atoms with Crippen LogP contribution < -0.4 is 11.1 Å². The van der Waals surface area contributed by atoms with Crippen LogP contribution in [0.25, 0.3) is 11.0 Å². The largest absolute Gasteiger partial charge is 0.523 e. The molecule has 6 nitrogen and oxygen atoms in total. The van der Waals surface area contributed by atoms with E-state index in [-0.39, 0.29) is 29.6 Å². The molecular weight excluding hydrogens is 488 g/mol. The van der Waals surface area contributed by atoms with Crippen LogP contribution in [0.2, 0.25) is 0 Å². The van der Waals surface area contributed by atoms with Gasteiger partial charge in [-0.05, 0) is 43.5 Å². The molecule has 192 valence electrons. The molecule has 1 aromatic heterocycles. The molecule has 0 saturated carbocycles. The number of nitrogens with two attached hydrogens (primary N) is 1.